The van der Waals surface area contributed by atoms with Crippen LogP contribution in [0.1, 0.15) is 36.5 Å². The van der Waals surface area contributed by atoms with Crippen LogP contribution in [0.2, 0.25) is 0 Å². The number of anilines is 1. The molecule has 1 heterocycles. The predicted molar refractivity (Wildman–Crippen MR) is 101 cm³/mol. The van der Waals surface area contributed by atoms with Crippen molar-refractivity contribution in [3.63, 3.8) is 0 Å². The molecule has 4 nitrogen and oxygen atoms in total. The van der Waals surface area contributed by atoms with Gasteiger partial charge in [-0.1, -0.05) is 61.5 Å². The van der Waals surface area contributed by atoms with Crippen molar-refractivity contribution < 1.29 is 9.59 Å². The zero-order chi connectivity index (χ0) is 17.6. The van der Waals surface area contributed by atoms with Gasteiger partial charge in [0.05, 0.1) is 12.2 Å². The second-order valence-electron chi connectivity index (χ2n) is 6.02. The van der Waals surface area contributed by atoms with Crippen LogP contribution in [0.4, 0.5) is 5.69 Å². The van der Waals surface area contributed by atoms with E-state index in [-0.39, 0.29) is 18.2 Å². The second-order valence-corrected chi connectivity index (χ2v) is 6.02. The van der Waals surface area contributed by atoms with Crippen molar-refractivity contribution in [2.45, 2.75) is 26.3 Å². The van der Waals surface area contributed by atoms with Gasteiger partial charge in [-0.25, -0.2) is 0 Å². The predicted octanol–water partition coefficient (Wildman–Crippen LogP) is 3.62. The summed E-state index contributed by atoms with van der Waals surface area (Å²) in [5.74, 6) is -0.0249. The van der Waals surface area contributed by atoms with E-state index in [1.807, 2.05) is 53.4 Å². The highest BCUT2D eigenvalue weighted by atomic mass is 16.2. The zero-order valence-corrected chi connectivity index (χ0v) is 14.4. The number of hydrogen-bond donors (Lipinski definition) is 1. The number of para-hydroxylation sites is 1. The Bertz CT molecular complexity index is 811. The van der Waals surface area contributed by atoms with Crippen LogP contribution in [0.15, 0.2) is 48.5 Å². The van der Waals surface area contributed by atoms with Gasteiger partial charge in [0, 0.05) is 19.4 Å². The molecule has 0 radical (unpaired) electrons. The van der Waals surface area contributed by atoms with Gasteiger partial charge in [-0.05, 0) is 22.8 Å². The molecule has 2 aromatic rings. The van der Waals surface area contributed by atoms with Gasteiger partial charge < -0.3 is 10.2 Å². The normalized spacial score (nSPS) is 12.6. The first-order valence-corrected chi connectivity index (χ1v) is 8.61. The van der Waals surface area contributed by atoms with Gasteiger partial charge in [0.2, 0.25) is 11.8 Å². The minimum atomic E-state index is -0.0332. The highest BCUT2D eigenvalue weighted by Gasteiger charge is 2.20. The molecule has 25 heavy (non-hydrogen) atoms. The minimum Gasteiger partial charge on any atom is -0.356 e. The van der Waals surface area contributed by atoms with Crippen molar-refractivity contribution in [3.05, 3.63) is 65.2 Å². The van der Waals surface area contributed by atoms with Gasteiger partial charge in [-0.15, -0.1) is 0 Å². The SMILES string of the molecule is CCC(=O)NCCC(=O)N1Cc2ccccc2C=Cc2ccccc21. The van der Waals surface area contributed by atoms with E-state index >= 15 is 0 Å². The minimum absolute atomic E-state index is 0.00829. The lowest BCUT2D eigenvalue weighted by atomic mass is 10.0. The fourth-order valence-electron chi connectivity index (χ4n) is 2.94. The van der Waals surface area contributed by atoms with Crippen molar-refractivity contribution in [1.29, 1.82) is 0 Å². The monoisotopic (exact) mass is 334 g/mol. The van der Waals surface area contributed by atoms with E-state index in [0.29, 0.717) is 19.5 Å². The summed E-state index contributed by atoms with van der Waals surface area (Å²) < 4.78 is 0. The Balaban J connectivity index is 1.88. The number of carbonyl (C=O) groups excluding carboxylic acids is 2. The number of benzene rings is 2. The Morgan fingerprint density at radius 2 is 1.68 bits per heavy atom. The van der Waals surface area contributed by atoms with Crippen LogP contribution in [0, 0.1) is 0 Å². The average Bonchev–Trinajstić information content (AvgIpc) is 2.63. The molecule has 128 valence electrons. The lowest BCUT2D eigenvalue weighted by Gasteiger charge is -2.27. The van der Waals surface area contributed by atoms with Crippen molar-refractivity contribution in [2.24, 2.45) is 0 Å². The fourth-order valence-corrected chi connectivity index (χ4v) is 2.94. The Labute approximate surface area is 148 Å². The largest absolute Gasteiger partial charge is 0.356 e. The molecule has 0 fully saturated rings. The fraction of sp³-hybridized carbons (Fsp3) is 0.238. The molecular weight excluding hydrogens is 312 g/mol. The third-order valence-corrected chi connectivity index (χ3v) is 4.34. The van der Waals surface area contributed by atoms with Crippen LogP contribution in [0.25, 0.3) is 12.2 Å². The molecule has 0 bridgehead atoms. The standard InChI is InChI=1S/C21H22N2O2/c1-2-20(24)22-14-13-21(25)23-15-18-9-4-3-7-16(18)11-12-17-8-5-6-10-19(17)23/h3-12H,2,13-15H2,1H3,(H,22,24). The van der Waals surface area contributed by atoms with E-state index in [9.17, 15) is 9.59 Å². The molecule has 2 aromatic carbocycles. The number of carbonyl (C=O) groups is 2. The molecule has 1 N–H and O–H groups in total. The summed E-state index contributed by atoms with van der Waals surface area (Å²) in [6, 6.07) is 16.0. The highest BCUT2D eigenvalue weighted by molar-refractivity contribution is 5.97. The first-order valence-electron chi connectivity index (χ1n) is 8.61. The summed E-state index contributed by atoms with van der Waals surface area (Å²) in [7, 11) is 0. The Morgan fingerprint density at radius 3 is 2.48 bits per heavy atom. The highest BCUT2D eigenvalue weighted by Crippen LogP contribution is 2.29. The third-order valence-electron chi connectivity index (χ3n) is 4.34. The van der Waals surface area contributed by atoms with Crippen molar-refractivity contribution in [1.82, 2.24) is 5.32 Å². The molecule has 4 heteroatoms. The molecule has 0 saturated carbocycles. The maximum atomic E-state index is 12.9. The Morgan fingerprint density at radius 1 is 1.00 bits per heavy atom. The molecule has 0 unspecified atom stereocenters. The molecule has 2 amide bonds. The molecule has 0 saturated heterocycles. The van der Waals surface area contributed by atoms with E-state index in [4.69, 9.17) is 0 Å². The summed E-state index contributed by atoms with van der Waals surface area (Å²) in [5, 5.41) is 2.77. The van der Waals surface area contributed by atoms with E-state index in [2.05, 4.69) is 17.5 Å². The van der Waals surface area contributed by atoms with E-state index in [1.165, 1.54) is 0 Å². The van der Waals surface area contributed by atoms with Crippen LogP contribution in [-0.2, 0) is 16.1 Å². The molecule has 1 aliphatic heterocycles. The van der Waals surface area contributed by atoms with Crippen molar-refractivity contribution in [2.75, 3.05) is 11.4 Å². The number of hydrogen-bond acceptors (Lipinski definition) is 2. The van der Waals surface area contributed by atoms with Crippen LogP contribution >= 0.6 is 0 Å². The quantitative estimate of drug-likeness (QED) is 0.928. The summed E-state index contributed by atoms with van der Waals surface area (Å²) in [5.41, 5.74) is 4.15. The summed E-state index contributed by atoms with van der Waals surface area (Å²) in [4.78, 5) is 26.1. The van der Waals surface area contributed by atoms with Crippen LogP contribution < -0.4 is 10.2 Å². The number of amides is 2. The molecule has 1 aliphatic rings. The van der Waals surface area contributed by atoms with Crippen molar-refractivity contribution >= 4 is 29.7 Å². The number of rotatable bonds is 4. The number of nitrogens with zero attached hydrogens (tertiary/aromatic N) is 1. The van der Waals surface area contributed by atoms with E-state index in [0.717, 1.165) is 22.4 Å². The lowest BCUT2D eigenvalue weighted by molar-refractivity contribution is -0.121. The van der Waals surface area contributed by atoms with Gasteiger partial charge in [-0.3, -0.25) is 9.59 Å². The smallest absolute Gasteiger partial charge is 0.229 e. The van der Waals surface area contributed by atoms with Gasteiger partial charge in [0.25, 0.3) is 0 Å². The second kappa shape index (κ2) is 7.79. The van der Waals surface area contributed by atoms with Gasteiger partial charge in [0.15, 0.2) is 0 Å². The number of nitrogens with one attached hydrogen (secondary N) is 1. The van der Waals surface area contributed by atoms with Gasteiger partial charge in [-0.2, -0.15) is 0 Å². The molecule has 0 spiro atoms. The Kier molecular flexibility index (Phi) is 5.29. The summed E-state index contributed by atoms with van der Waals surface area (Å²) in [6.45, 7) is 2.69. The lowest BCUT2D eigenvalue weighted by Crippen LogP contribution is -2.35. The van der Waals surface area contributed by atoms with Gasteiger partial charge >= 0.3 is 0 Å². The zero-order valence-electron chi connectivity index (χ0n) is 14.4. The van der Waals surface area contributed by atoms with Gasteiger partial charge in [0.1, 0.15) is 0 Å². The third kappa shape index (κ3) is 3.97. The van der Waals surface area contributed by atoms with Crippen LogP contribution in [-0.4, -0.2) is 18.4 Å². The summed E-state index contributed by atoms with van der Waals surface area (Å²) >= 11 is 0. The van der Waals surface area contributed by atoms with Crippen molar-refractivity contribution in [3.8, 4) is 0 Å². The molecule has 0 atom stereocenters. The molecule has 0 aliphatic carbocycles. The maximum absolute atomic E-state index is 12.9. The average molecular weight is 334 g/mol. The van der Waals surface area contributed by atoms with Crippen LogP contribution in [0.5, 0.6) is 0 Å². The molecule has 3 rings (SSSR count). The van der Waals surface area contributed by atoms with E-state index < -0.39 is 0 Å². The summed E-state index contributed by atoms with van der Waals surface area (Å²) in [6.07, 6.45) is 4.86. The number of fused-ring (bicyclic) bond motifs is 2. The van der Waals surface area contributed by atoms with Crippen LogP contribution in [0.3, 0.4) is 0 Å². The first-order chi connectivity index (χ1) is 12.2. The molecule has 0 aromatic heterocycles. The molecular formula is C21H22N2O2. The van der Waals surface area contributed by atoms with E-state index in [1.54, 1.807) is 6.92 Å². The first kappa shape index (κ1) is 17.0. The Hall–Kier alpha value is -2.88. The maximum Gasteiger partial charge on any atom is 0.229 e. The topological polar surface area (TPSA) is 49.4 Å².